The van der Waals surface area contributed by atoms with Gasteiger partial charge in [0.05, 0.1) is 5.92 Å². The summed E-state index contributed by atoms with van der Waals surface area (Å²) in [5.74, 6) is 4.27. The van der Waals surface area contributed by atoms with Gasteiger partial charge in [0.1, 0.15) is 11.6 Å². The van der Waals surface area contributed by atoms with Crippen LogP contribution < -0.4 is 0 Å². The van der Waals surface area contributed by atoms with E-state index in [1.54, 1.807) is 0 Å². The highest BCUT2D eigenvalue weighted by molar-refractivity contribution is 6.02. The Morgan fingerprint density at radius 1 is 0.714 bits per heavy atom. The minimum Gasteiger partial charge on any atom is -0.299 e. The number of ketones is 2. The van der Waals surface area contributed by atoms with Crippen LogP contribution in [0, 0.1) is 35.5 Å². The van der Waals surface area contributed by atoms with Crippen LogP contribution in [-0.2, 0) is 9.59 Å². The second-order valence-corrected chi connectivity index (χ2v) is 10.5. The van der Waals surface area contributed by atoms with Gasteiger partial charge in [-0.1, -0.05) is 52.4 Å². The van der Waals surface area contributed by atoms with Gasteiger partial charge in [-0.25, -0.2) is 0 Å². The van der Waals surface area contributed by atoms with E-state index in [2.05, 4.69) is 13.8 Å². The van der Waals surface area contributed by atoms with Gasteiger partial charge in [0.25, 0.3) is 0 Å². The summed E-state index contributed by atoms with van der Waals surface area (Å²) in [5.41, 5.74) is 0. The molecule has 2 heteroatoms. The fourth-order valence-corrected chi connectivity index (χ4v) is 6.73. The van der Waals surface area contributed by atoms with Gasteiger partial charge in [-0.2, -0.15) is 0 Å². The quantitative estimate of drug-likeness (QED) is 0.414. The van der Waals surface area contributed by atoms with Gasteiger partial charge in [0, 0.05) is 12.8 Å². The SMILES string of the molecule is CCCC1CCC(C2CCC(CC(=O)C3CCC(CCC)CC3=O)CC2)CC1. The predicted octanol–water partition coefficient (Wildman–Crippen LogP) is 7.14. The number of carbonyl (C=O) groups excluding carboxylic acids is 2. The summed E-state index contributed by atoms with van der Waals surface area (Å²) in [6.07, 6.45) is 19.3. The van der Waals surface area contributed by atoms with E-state index >= 15 is 0 Å². The maximum Gasteiger partial charge on any atom is 0.143 e. The molecule has 0 N–H and O–H groups in total. The minimum absolute atomic E-state index is 0.250. The first-order chi connectivity index (χ1) is 13.6. The molecular formula is C26H44O2. The Labute approximate surface area is 173 Å². The summed E-state index contributed by atoms with van der Waals surface area (Å²) >= 11 is 0. The zero-order valence-corrected chi connectivity index (χ0v) is 18.6. The lowest BCUT2D eigenvalue weighted by molar-refractivity contribution is -0.136. The monoisotopic (exact) mass is 388 g/mol. The van der Waals surface area contributed by atoms with E-state index in [1.807, 2.05) is 0 Å². The first kappa shape index (κ1) is 22.0. The molecule has 3 saturated carbocycles. The second kappa shape index (κ2) is 10.9. The van der Waals surface area contributed by atoms with Gasteiger partial charge in [-0.05, 0) is 81.0 Å². The number of Topliss-reactive ketones (excluding diaryl/α,β-unsaturated/α-hetero) is 2. The molecule has 3 aliphatic rings. The number of hydrogen-bond donors (Lipinski definition) is 0. The van der Waals surface area contributed by atoms with Crippen LogP contribution in [0.4, 0.5) is 0 Å². The van der Waals surface area contributed by atoms with Crippen molar-refractivity contribution in [3.8, 4) is 0 Å². The van der Waals surface area contributed by atoms with Crippen molar-refractivity contribution >= 4 is 11.6 Å². The standard InChI is InChI=1S/C26H44O2/c1-3-5-19-7-12-22(13-8-19)23-14-9-21(10-15-23)18-26(28)24-16-11-20(6-4-2)17-25(24)27/h19-24H,3-18H2,1-2H3. The molecule has 0 saturated heterocycles. The van der Waals surface area contributed by atoms with E-state index in [-0.39, 0.29) is 17.5 Å². The van der Waals surface area contributed by atoms with Gasteiger partial charge in [-0.3, -0.25) is 9.59 Å². The number of carbonyl (C=O) groups is 2. The Hall–Kier alpha value is -0.660. The van der Waals surface area contributed by atoms with Crippen LogP contribution >= 0.6 is 0 Å². The highest BCUT2D eigenvalue weighted by atomic mass is 16.1. The molecule has 0 amide bonds. The topological polar surface area (TPSA) is 34.1 Å². The zero-order chi connectivity index (χ0) is 19.9. The van der Waals surface area contributed by atoms with Crippen LogP contribution in [0.25, 0.3) is 0 Å². The summed E-state index contributed by atoms with van der Waals surface area (Å²) in [5, 5.41) is 0. The molecule has 0 aromatic rings. The molecule has 0 aliphatic heterocycles. The molecule has 2 atom stereocenters. The van der Waals surface area contributed by atoms with Crippen LogP contribution in [0.5, 0.6) is 0 Å². The first-order valence-corrected chi connectivity index (χ1v) is 12.7. The normalized spacial score (nSPS) is 37.0. The van der Waals surface area contributed by atoms with Crippen LogP contribution in [-0.4, -0.2) is 11.6 Å². The maximum absolute atomic E-state index is 12.8. The van der Waals surface area contributed by atoms with Crippen molar-refractivity contribution < 1.29 is 9.59 Å². The van der Waals surface area contributed by atoms with Crippen LogP contribution in [0.2, 0.25) is 0 Å². The molecule has 0 bridgehead atoms. The Kier molecular flexibility index (Phi) is 8.60. The molecule has 3 fully saturated rings. The van der Waals surface area contributed by atoms with Crippen molar-refractivity contribution in [2.24, 2.45) is 35.5 Å². The van der Waals surface area contributed by atoms with Gasteiger partial charge in [-0.15, -0.1) is 0 Å². The third-order valence-corrected chi connectivity index (χ3v) is 8.46. The van der Waals surface area contributed by atoms with E-state index in [4.69, 9.17) is 0 Å². The Morgan fingerprint density at radius 3 is 1.75 bits per heavy atom. The highest BCUT2D eigenvalue weighted by Crippen LogP contribution is 2.43. The van der Waals surface area contributed by atoms with Crippen molar-refractivity contribution in [1.29, 1.82) is 0 Å². The third-order valence-electron chi connectivity index (χ3n) is 8.46. The van der Waals surface area contributed by atoms with E-state index < -0.39 is 0 Å². The van der Waals surface area contributed by atoms with E-state index in [9.17, 15) is 9.59 Å². The summed E-state index contributed by atoms with van der Waals surface area (Å²) in [6, 6.07) is 0. The highest BCUT2D eigenvalue weighted by Gasteiger charge is 2.35. The maximum atomic E-state index is 12.8. The fourth-order valence-electron chi connectivity index (χ4n) is 6.73. The lowest BCUT2D eigenvalue weighted by atomic mass is 9.67. The minimum atomic E-state index is -0.250. The van der Waals surface area contributed by atoms with Crippen LogP contribution in [0.1, 0.15) is 117 Å². The van der Waals surface area contributed by atoms with E-state index in [1.165, 1.54) is 64.2 Å². The molecule has 3 aliphatic carbocycles. The molecule has 0 spiro atoms. The summed E-state index contributed by atoms with van der Waals surface area (Å²) in [7, 11) is 0. The van der Waals surface area contributed by atoms with Crippen molar-refractivity contribution in [3.63, 3.8) is 0 Å². The molecule has 0 heterocycles. The van der Waals surface area contributed by atoms with Gasteiger partial charge >= 0.3 is 0 Å². The average Bonchev–Trinajstić information content (AvgIpc) is 2.70. The molecule has 3 rings (SSSR count). The molecule has 0 aromatic heterocycles. The number of rotatable bonds is 8. The molecule has 2 unspecified atom stereocenters. The predicted molar refractivity (Wildman–Crippen MR) is 116 cm³/mol. The Bertz CT molecular complexity index is 495. The van der Waals surface area contributed by atoms with Crippen LogP contribution in [0.3, 0.4) is 0 Å². The van der Waals surface area contributed by atoms with Gasteiger partial charge in [0.15, 0.2) is 0 Å². The molecule has 0 radical (unpaired) electrons. The van der Waals surface area contributed by atoms with Crippen molar-refractivity contribution in [2.45, 2.75) is 117 Å². The summed E-state index contributed by atoms with van der Waals surface area (Å²) in [6.45, 7) is 4.51. The molecule has 160 valence electrons. The lowest BCUT2D eigenvalue weighted by Crippen LogP contribution is -2.33. The average molecular weight is 389 g/mol. The fraction of sp³-hybridized carbons (Fsp3) is 0.923. The van der Waals surface area contributed by atoms with Crippen molar-refractivity contribution in [2.75, 3.05) is 0 Å². The first-order valence-electron chi connectivity index (χ1n) is 12.7. The zero-order valence-electron chi connectivity index (χ0n) is 18.6. The molecule has 28 heavy (non-hydrogen) atoms. The van der Waals surface area contributed by atoms with Crippen molar-refractivity contribution in [3.05, 3.63) is 0 Å². The van der Waals surface area contributed by atoms with Gasteiger partial charge < -0.3 is 0 Å². The van der Waals surface area contributed by atoms with E-state index in [0.717, 1.165) is 43.4 Å². The van der Waals surface area contributed by atoms with E-state index in [0.29, 0.717) is 24.7 Å². The Morgan fingerprint density at radius 2 is 1.21 bits per heavy atom. The van der Waals surface area contributed by atoms with Gasteiger partial charge in [0.2, 0.25) is 0 Å². The smallest absolute Gasteiger partial charge is 0.143 e. The summed E-state index contributed by atoms with van der Waals surface area (Å²) in [4.78, 5) is 25.3. The molecular weight excluding hydrogens is 344 g/mol. The molecule has 2 nitrogen and oxygen atoms in total. The van der Waals surface area contributed by atoms with Crippen molar-refractivity contribution in [1.82, 2.24) is 0 Å². The number of hydrogen-bond acceptors (Lipinski definition) is 2. The summed E-state index contributed by atoms with van der Waals surface area (Å²) < 4.78 is 0. The lowest BCUT2D eigenvalue weighted by Gasteiger charge is -2.38. The second-order valence-electron chi connectivity index (χ2n) is 10.5. The Balaban J connectivity index is 1.37. The molecule has 0 aromatic carbocycles. The largest absolute Gasteiger partial charge is 0.299 e. The van der Waals surface area contributed by atoms with Crippen LogP contribution in [0.15, 0.2) is 0 Å². The third kappa shape index (κ3) is 5.92.